The van der Waals surface area contributed by atoms with E-state index < -0.39 is 0 Å². The molecule has 0 unspecified atom stereocenters. The fourth-order valence-electron chi connectivity index (χ4n) is 2.18. The van der Waals surface area contributed by atoms with Crippen LogP contribution in [-0.2, 0) is 13.1 Å². The summed E-state index contributed by atoms with van der Waals surface area (Å²) in [7, 11) is 0. The zero-order valence-corrected chi connectivity index (χ0v) is 12.2. The van der Waals surface area contributed by atoms with Crippen LogP contribution in [0.15, 0.2) is 40.0 Å². The minimum atomic E-state index is 0.619. The third-order valence-corrected chi connectivity index (χ3v) is 3.99. The molecule has 0 saturated heterocycles. The van der Waals surface area contributed by atoms with E-state index in [4.69, 9.17) is 13.9 Å². The summed E-state index contributed by atoms with van der Waals surface area (Å²) in [5, 5.41) is 3.42. The van der Waals surface area contributed by atoms with Crippen LogP contribution in [0.5, 0.6) is 11.5 Å². The quantitative estimate of drug-likeness (QED) is 0.858. The van der Waals surface area contributed by atoms with Crippen LogP contribution in [0.2, 0.25) is 0 Å². The molecule has 2 aromatic rings. The summed E-state index contributed by atoms with van der Waals surface area (Å²) >= 11 is 1.72. The summed E-state index contributed by atoms with van der Waals surface area (Å²) in [6.45, 7) is 2.82. The van der Waals surface area contributed by atoms with Gasteiger partial charge in [0.1, 0.15) is 13.2 Å². The minimum Gasteiger partial charge on any atom is -0.486 e. The maximum absolute atomic E-state index is 5.64. The third-order valence-electron chi connectivity index (χ3n) is 3.17. The Hall–Kier alpha value is -1.59. The van der Waals surface area contributed by atoms with Crippen LogP contribution in [0, 0.1) is 0 Å². The summed E-state index contributed by atoms with van der Waals surface area (Å²) < 4.78 is 16.3. The Morgan fingerprint density at radius 3 is 2.65 bits per heavy atom. The van der Waals surface area contributed by atoms with Gasteiger partial charge in [0.05, 0.1) is 12.5 Å². The molecule has 0 radical (unpaired) electrons. The SMILES string of the molecule is CSc1cc2c(cc1CNCc1ccoc1)OCCO2. The van der Waals surface area contributed by atoms with Crippen molar-refractivity contribution in [1.82, 2.24) is 5.32 Å². The number of hydrogen-bond donors (Lipinski definition) is 1. The number of benzene rings is 1. The number of fused-ring (bicyclic) bond motifs is 1. The lowest BCUT2D eigenvalue weighted by Crippen LogP contribution is -2.17. The Morgan fingerprint density at radius 2 is 1.95 bits per heavy atom. The second-order valence-electron chi connectivity index (χ2n) is 4.54. The number of furan rings is 1. The van der Waals surface area contributed by atoms with E-state index in [2.05, 4.69) is 23.7 Å². The molecule has 20 heavy (non-hydrogen) atoms. The Balaban J connectivity index is 1.71. The second-order valence-corrected chi connectivity index (χ2v) is 5.39. The molecular formula is C15H17NO3S. The molecule has 0 aliphatic carbocycles. The molecule has 1 aromatic carbocycles. The molecule has 106 valence electrons. The molecule has 4 nitrogen and oxygen atoms in total. The summed E-state index contributed by atoms with van der Waals surface area (Å²) in [5.41, 5.74) is 2.37. The van der Waals surface area contributed by atoms with E-state index in [1.807, 2.05) is 6.07 Å². The number of nitrogens with one attached hydrogen (secondary N) is 1. The van der Waals surface area contributed by atoms with Crippen LogP contribution < -0.4 is 14.8 Å². The molecule has 1 aliphatic rings. The van der Waals surface area contributed by atoms with Crippen molar-refractivity contribution in [2.45, 2.75) is 18.0 Å². The Bertz CT molecular complexity index is 569. The maximum atomic E-state index is 5.64. The first-order valence-corrected chi connectivity index (χ1v) is 7.77. The van der Waals surface area contributed by atoms with Crippen LogP contribution >= 0.6 is 11.8 Å². The van der Waals surface area contributed by atoms with E-state index in [-0.39, 0.29) is 0 Å². The van der Waals surface area contributed by atoms with Gasteiger partial charge in [0, 0.05) is 23.5 Å². The predicted octanol–water partition coefficient (Wildman–Crippen LogP) is 3.06. The Labute approximate surface area is 122 Å². The lowest BCUT2D eigenvalue weighted by molar-refractivity contribution is 0.171. The van der Waals surface area contributed by atoms with Gasteiger partial charge in [0.25, 0.3) is 0 Å². The largest absolute Gasteiger partial charge is 0.486 e. The highest BCUT2D eigenvalue weighted by atomic mass is 32.2. The van der Waals surface area contributed by atoms with Crippen LogP contribution in [0.25, 0.3) is 0 Å². The fraction of sp³-hybridized carbons (Fsp3) is 0.333. The van der Waals surface area contributed by atoms with E-state index in [1.54, 1.807) is 24.3 Å². The summed E-state index contributed by atoms with van der Waals surface area (Å²) in [6, 6.07) is 6.10. The summed E-state index contributed by atoms with van der Waals surface area (Å²) in [5.74, 6) is 1.69. The molecule has 1 aliphatic heterocycles. The van der Waals surface area contributed by atoms with Gasteiger partial charge < -0.3 is 19.2 Å². The molecule has 0 spiro atoms. The first-order chi connectivity index (χ1) is 9.86. The molecule has 5 heteroatoms. The molecule has 0 atom stereocenters. The van der Waals surface area contributed by atoms with Gasteiger partial charge >= 0.3 is 0 Å². The van der Waals surface area contributed by atoms with E-state index in [9.17, 15) is 0 Å². The molecule has 0 amide bonds. The molecule has 1 aromatic heterocycles. The molecule has 3 rings (SSSR count). The first-order valence-electron chi connectivity index (χ1n) is 6.55. The van der Waals surface area contributed by atoms with Gasteiger partial charge in [-0.05, 0) is 30.0 Å². The first kappa shape index (κ1) is 13.4. The van der Waals surface area contributed by atoms with E-state index in [0.717, 1.165) is 30.2 Å². The zero-order chi connectivity index (χ0) is 13.8. The van der Waals surface area contributed by atoms with E-state index >= 15 is 0 Å². The van der Waals surface area contributed by atoms with Gasteiger partial charge in [-0.1, -0.05) is 0 Å². The monoisotopic (exact) mass is 291 g/mol. The highest BCUT2D eigenvalue weighted by Gasteiger charge is 2.15. The predicted molar refractivity (Wildman–Crippen MR) is 78.5 cm³/mol. The van der Waals surface area contributed by atoms with Gasteiger partial charge in [-0.15, -0.1) is 11.8 Å². The highest BCUT2D eigenvalue weighted by molar-refractivity contribution is 7.98. The smallest absolute Gasteiger partial charge is 0.162 e. The lowest BCUT2D eigenvalue weighted by atomic mass is 10.2. The van der Waals surface area contributed by atoms with Crippen molar-refractivity contribution in [3.63, 3.8) is 0 Å². The average Bonchev–Trinajstić information content (AvgIpc) is 3.00. The van der Waals surface area contributed by atoms with Gasteiger partial charge in [0.15, 0.2) is 11.5 Å². The normalized spacial score (nSPS) is 13.4. The van der Waals surface area contributed by atoms with Crippen LogP contribution in [-0.4, -0.2) is 19.5 Å². The van der Waals surface area contributed by atoms with Crippen LogP contribution in [0.4, 0.5) is 0 Å². The second kappa shape index (κ2) is 6.24. The van der Waals surface area contributed by atoms with Gasteiger partial charge in [-0.2, -0.15) is 0 Å². The van der Waals surface area contributed by atoms with Crippen LogP contribution in [0.1, 0.15) is 11.1 Å². The third kappa shape index (κ3) is 2.94. The maximum Gasteiger partial charge on any atom is 0.162 e. The van der Waals surface area contributed by atoms with Crippen molar-refractivity contribution in [2.75, 3.05) is 19.5 Å². The highest BCUT2D eigenvalue weighted by Crippen LogP contribution is 2.36. The molecular weight excluding hydrogens is 274 g/mol. The van der Waals surface area contributed by atoms with Crippen molar-refractivity contribution in [2.24, 2.45) is 0 Å². The molecule has 0 saturated carbocycles. The summed E-state index contributed by atoms with van der Waals surface area (Å²) in [6.07, 6.45) is 5.52. The summed E-state index contributed by atoms with van der Waals surface area (Å²) in [4.78, 5) is 1.22. The number of rotatable bonds is 5. The standard InChI is InChI=1S/C15H17NO3S/c1-20-15-7-14-13(18-4-5-19-14)6-12(15)9-16-8-11-2-3-17-10-11/h2-3,6-7,10,16H,4-5,8-9H2,1H3. The Kier molecular flexibility index (Phi) is 4.18. The molecule has 0 fully saturated rings. The molecule has 1 N–H and O–H groups in total. The zero-order valence-electron chi connectivity index (χ0n) is 11.3. The molecule has 0 bridgehead atoms. The van der Waals surface area contributed by atoms with Crippen molar-refractivity contribution in [1.29, 1.82) is 0 Å². The lowest BCUT2D eigenvalue weighted by Gasteiger charge is -2.20. The van der Waals surface area contributed by atoms with E-state index in [1.165, 1.54) is 10.5 Å². The molecule has 2 heterocycles. The van der Waals surface area contributed by atoms with Crippen molar-refractivity contribution >= 4 is 11.8 Å². The fourth-order valence-corrected chi connectivity index (χ4v) is 2.79. The number of thioether (sulfide) groups is 1. The van der Waals surface area contributed by atoms with Gasteiger partial charge in [-0.25, -0.2) is 0 Å². The van der Waals surface area contributed by atoms with Crippen LogP contribution in [0.3, 0.4) is 0 Å². The minimum absolute atomic E-state index is 0.619. The van der Waals surface area contributed by atoms with Crippen molar-refractivity contribution in [3.05, 3.63) is 41.9 Å². The van der Waals surface area contributed by atoms with Crippen molar-refractivity contribution in [3.8, 4) is 11.5 Å². The van der Waals surface area contributed by atoms with Crippen molar-refractivity contribution < 1.29 is 13.9 Å². The number of ether oxygens (including phenoxy) is 2. The van der Waals surface area contributed by atoms with Gasteiger partial charge in [0.2, 0.25) is 0 Å². The topological polar surface area (TPSA) is 43.6 Å². The van der Waals surface area contributed by atoms with E-state index in [0.29, 0.717) is 13.2 Å². The average molecular weight is 291 g/mol. The van der Waals surface area contributed by atoms with Gasteiger partial charge in [-0.3, -0.25) is 0 Å². The number of hydrogen-bond acceptors (Lipinski definition) is 5. The Morgan fingerprint density at radius 1 is 1.15 bits per heavy atom.